The van der Waals surface area contributed by atoms with E-state index in [0.717, 1.165) is 25.1 Å². The smallest absolute Gasteiger partial charge is 0.257 e. The van der Waals surface area contributed by atoms with Gasteiger partial charge in [0.05, 0.1) is 11.8 Å². The van der Waals surface area contributed by atoms with Gasteiger partial charge in [0.2, 0.25) is 0 Å². The summed E-state index contributed by atoms with van der Waals surface area (Å²) >= 11 is 5.84. The Bertz CT molecular complexity index is 462. The molecule has 1 amide bonds. The van der Waals surface area contributed by atoms with Crippen LogP contribution < -0.4 is 0 Å². The Morgan fingerprint density at radius 1 is 1.59 bits per heavy atom. The fraction of sp³-hybridized carbons (Fsp3) is 0.500. The van der Waals surface area contributed by atoms with Crippen LogP contribution in [0.15, 0.2) is 12.3 Å². The van der Waals surface area contributed by atoms with Crippen LogP contribution in [-0.2, 0) is 0 Å². The van der Waals surface area contributed by atoms with Crippen molar-refractivity contribution in [2.24, 2.45) is 0 Å². The molecular weight excluding hydrogens is 243 g/mol. The van der Waals surface area contributed by atoms with E-state index < -0.39 is 5.82 Å². The summed E-state index contributed by atoms with van der Waals surface area (Å²) in [6.07, 6.45) is 2.91. The molecule has 0 bridgehead atoms. The summed E-state index contributed by atoms with van der Waals surface area (Å²) in [4.78, 5) is 17.7. The van der Waals surface area contributed by atoms with Gasteiger partial charge in [0.15, 0.2) is 0 Å². The first kappa shape index (κ1) is 12.3. The van der Waals surface area contributed by atoms with Gasteiger partial charge in [-0.05, 0) is 32.8 Å². The van der Waals surface area contributed by atoms with Crippen LogP contribution in [-0.4, -0.2) is 27.9 Å². The van der Waals surface area contributed by atoms with Crippen molar-refractivity contribution in [1.29, 1.82) is 0 Å². The first-order valence-corrected chi connectivity index (χ1v) is 5.92. The van der Waals surface area contributed by atoms with Crippen molar-refractivity contribution < 1.29 is 9.18 Å². The maximum atomic E-state index is 13.1. The zero-order chi connectivity index (χ0) is 12.6. The lowest BCUT2D eigenvalue weighted by Crippen LogP contribution is -2.42. The van der Waals surface area contributed by atoms with Crippen LogP contribution in [0.2, 0.25) is 5.15 Å². The number of halogens is 2. The lowest BCUT2D eigenvalue weighted by Gasteiger charge is -2.31. The topological polar surface area (TPSA) is 33.2 Å². The van der Waals surface area contributed by atoms with Crippen molar-refractivity contribution in [3.63, 3.8) is 0 Å². The van der Waals surface area contributed by atoms with E-state index >= 15 is 0 Å². The Kier molecular flexibility index (Phi) is 3.08. The molecule has 1 saturated heterocycles. The highest BCUT2D eigenvalue weighted by Crippen LogP contribution is 2.30. The van der Waals surface area contributed by atoms with Crippen molar-refractivity contribution in [3.8, 4) is 0 Å². The first-order valence-electron chi connectivity index (χ1n) is 5.55. The molecule has 1 aromatic rings. The number of nitrogens with zero attached hydrogens (tertiary/aromatic N) is 2. The van der Waals surface area contributed by atoms with Gasteiger partial charge in [-0.1, -0.05) is 11.6 Å². The average Bonchev–Trinajstić information content (AvgIpc) is 2.61. The quantitative estimate of drug-likeness (QED) is 0.724. The van der Waals surface area contributed by atoms with Crippen LogP contribution in [0.4, 0.5) is 4.39 Å². The largest absolute Gasteiger partial charge is 0.333 e. The Morgan fingerprint density at radius 2 is 2.29 bits per heavy atom. The summed E-state index contributed by atoms with van der Waals surface area (Å²) in [6.45, 7) is 4.68. The molecule has 0 radical (unpaired) electrons. The Labute approximate surface area is 105 Å². The van der Waals surface area contributed by atoms with Crippen molar-refractivity contribution in [3.05, 3.63) is 28.8 Å². The molecule has 5 heteroatoms. The molecule has 0 aliphatic carbocycles. The second-order valence-electron chi connectivity index (χ2n) is 4.86. The van der Waals surface area contributed by atoms with Crippen molar-refractivity contribution in [2.45, 2.75) is 32.2 Å². The van der Waals surface area contributed by atoms with Gasteiger partial charge in [-0.25, -0.2) is 9.37 Å². The number of pyridine rings is 1. The SMILES string of the molecule is CC1(C)CCCN1C(=O)c1cc(F)cnc1Cl. The molecule has 1 aliphatic rings. The molecule has 92 valence electrons. The monoisotopic (exact) mass is 256 g/mol. The number of carbonyl (C=O) groups is 1. The lowest BCUT2D eigenvalue weighted by atomic mass is 10.0. The predicted octanol–water partition coefficient (Wildman–Crippen LogP) is 2.89. The van der Waals surface area contributed by atoms with Gasteiger partial charge in [-0.3, -0.25) is 4.79 Å². The Morgan fingerprint density at radius 3 is 2.88 bits per heavy atom. The first-order chi connectivity index (χ1) is 7.92. The van der Waals surface area contributed by atoms with Gasteiger partial charge in [0.1, 0.15) is 11.0 Å². The molecule has 0 atom stereocenters. The van der Waals surface area contributed by atoms with Crippen LogP contribution in [0.1, 0.15) is 37.0 Å². The van der Waals surface area contributed by atoms with E-state index in [9.17, 15) is 9.18 Å². The molecule has 1 aromatic heterocycles. The van der Waals surface area contributed by atoms with Gasteiger partial charge in [0, 0.05) is 12.1 Å². The van der Waals surface area contributed by atoms with Crippen molar-refractivity contribution in [2.75, 3.05) is 6.54 Å². The van der Waals surface area contributed by atoms with Crippen molar-refractivity contribution >= 4 is 17.5 Å². The van der Waals surface area contributed by atoms with Gasteiger partial charge in [-0.2, -0.15) is 0 Å². The summed E-state index contributed by atoms with van der Waals surface area (Å²) in [5.74, 6) is -0.792. The van der Waals surface area contributed by atoms with Gasteiger partial charge in [0.25, 0.3) is 5.91 Å². The van der Waals surface area contributed by atoms with E-state index in [4.69, 9.17) is 11.6 Å². The zero-order valence-electron chi connectivity index (χ0n) is 9.83. The molecule has 17 heavy (non-hydrogen) atoms. The molecule has 3 nitrogen and oxygen atoms in total. The van der Waals surface area contributed by atoms with E-state index in [0.29, 0.717) is 6.54 Å². The summed E-state index contributed by atoms with van der Waals surface area (Å²) in [5.41, 5.74) is -0.0612. The number of amides is 1. The minimum Gasteiger partial charge on any atom is -0.333 e. The zero-order valence-corrected chi connectivity index (χ0v) is 10.6. The number of hydrogen-bond acceptors (Lipinski definition) is 2. The van der Waals surface area contributed by atoms with E-state index in [-0.39, 0.29) is 22.2 Å². The fourth-order valence-corrected chi connectivity index (χ4v) is 2.39. The number of aromatic nitrogens is 1. The molecular formula is C12H14ClFN2O. The van der Waals surface area contributed by atoms with Crippen molar-refractivity contribution in [1.82, 2.24) is 9.88 Å². The highest BCUT2D eigenvalue weighted by Gasteiger charge is 2.36. The van der Waals surface area contributed by atoms with Gasteiger partial charge >= 0.3 is 0 Å². The standard InChI is InChI=1S/C12H14ClFN2O/c1-12(2)4-3-5-16(12)11(17)9-6-8(14)7-15-10(9)13/h6-7H,3-5H2,1-2H3. The van der Waals surface area contributed by atoms with Crippen LogP contribution in [0.3, 0.4) is 0 Å². The fourth-order valence-electron chi connectivity index (χ4n) is 2.20. The van der Waals surface area contributed by atoms with E-state index in [1.54, 1.807) is 4.90 Å². The Balaban J connectivity index is 2.34. The molecule has 0 saturated carbocycles. The second kappa shape index (κ2) is 4.26. The summed E-state index contributed by atoms with van der Waals surface area (Å²) < 4.78 is 13.1. The molecule has 1 aliphatic heterocycles. The van der Waals surface area contributed by atoms with Crippen LogP contribution >= 0.6 is 11.6 Å². The van der Waals surface area contributed by atoms with Crippen LogP contribution in [0, 0.1) is 5.82 Å². The molecule has 0 N–H and O–H groups in total. The number of hydrogen-bond donors (Lipinski definition) is 0. The van der Waals surface area contributed by atoms with Gasteiger partial charge < -0.3 is 4.90 Å². The number of carbonyl (C=O) groups excluding carboxylic acids is 1. The van der Waals surface area contributed by atoms with Gasteiger partial charge in [-0.15, -0.1) is 0 Å². The van der Waals surface area contributed by atoms with Crippen LogP contribution in [0.25, 0.3) is 0 Å². The number of rotatable bonds is 1. The predicted molar refractivity (Wildman–Crippen MR) is 63.6 cm³/mol. The third kappa shape index (κ3) is 2.27. The maximum Gasteiger partial charge on any atom is 0.257 e. The minimum atomic E-state index is -0.547. The molecule has 2 heterocycles. The third-order valence-electron chi connectivity index (χ3n) is 3.18. The Hall–Kier alpha value is -1.16. The van der Waals surface area contributed by atoms with E-state index in [1.807, 2.05) is 13.8 Å². The second-order valence-corrected chi connectivity index (χ2v) is 5.22. The van der Waals surface area contributed by atoms with E-state index in [2.05, 4.69) is 4.98 Å². The molecule has 0 spiro atoms. The highest BCUT2D eigenvalue weighted by molar-refractivity contribution is 6.32. The van der Waals surface area contributed by atoms with Crippen LogP contribution in [0.5, 0.6) is 0 Å². The normalized spacial score (nSPS) is 18.5. The lowest BCUT2D eigenvalue weighted by molar-refractivity contribution is 0.0651. The third-order valence-corrected chi connectivity index (χ3v) is 3.48. The minimum absolute atomic E-state index is 0.0547. The molecule has 0 unspecified atom stereocenters. The highest BCUT2D eigenvalue weighted by atomic mass is 35.5. The maximum absolute atomic E-state index is 13.1. The summed E-state index contributed by atoms with van der Waals surface area (Å²) in [6, 6.07) is 1.14. The number of likely N-dealkylation sites (tertiary alicyclic amines) is 1. The average molecular weight is 257 g/mol. The summed E-state index contributed by atoms with van der Waals surface area (Å²) in [7, 11) is 0. The van der Waals surface area contributed by atoms with E-state index in [1.165, 1.54) is 0 Å². The summed E-state index contributed by atoms with van der Waals surface area (Å²) in [5, 5.41) is 0.0547. The molecule has 0 aromatic carbocycles. The molecule has 1 fully saturated rings. The molecule has 2 rings (SSSR count).